The Balaban J connectivity index is 1.33. The van der Waals surface area contributed by atoms with Crippen LogP contribution in [0.25, 0.3) is 0 Å². The Morgan fingerprint density at radius 1 is 0.804 bits per heavy atom. The zero-order valence-corrected chi connectivity index (χ0v) is 24.6. The first-order valence-corrected chi connectivity index (χ1v) is 14.6. The van der Waals surface area contributed by atoms with E-state index in [2.05, 4.69) is 10.2 Å². The molecule has 0 fully saturated rings. The maximum absolute atomic E-state index is 14.2. The molecule has 1 N–H and O–H groups in total. The van der Waals surface area contributed by atoms with Gasteiger partial charge in [0.2, 0.25) is 0 Å². The Hall–Kier alpha value is -6.03. The Morgan fingerprint density at radius 2 is 1.41 bits per heavy atom. The highest BCUT2D eigenvalue weighted by Crippen LogP contribution is 2.42. The van der Waals surface area contributed by atoms with E-state index in [1.807, 2.05) is 72.8 Å². The average Bonchev–Trinajstić information content (AvgIpc) is 3.08. The van der Waals surface area contributed by atoms with E-state index in [1.54, 1.807) is 23.1 Å². The minimum absolute atomic E-state index is 0.158. The number of rotatable bonds is 10. The highest BCUT2D eigenvalue weighted by molar-refractivity contribution is 6.02. The average molecular weight is 617 g/mol. The van der Waals surface area contributed by atoms with Gasteiger partial charge in [-0.25, -0.2) is 4.39 Å². The lowest BCUT2D eigenvalue weighted by Crippen LogP contribution is -2.48. The summed E-state index contributed by atoms with van der Waals surface area (Å²) in [4.78, 5) is 41.6. The molecule has 0 saturated heterocycles. The summed E-state index contributed by atoms with van der Waals surface area (Å²) >= 11 is 0. The first kappa shape index (κ1) is 30.0. The largest absolute Gasteiger partial charge is 0.484 e. The Kier molecular flexibility index (Phi) is 8.69. The molecule has 5 aromatic carbocycles. The van der Waals surface area contributed by atoms with E-state index >= 15 is 0 Å². The SMILES string of the molecule is O=C(COc1ccc([C@H]2N(Cc3ccccc3)C(=O)c3cc([N+](=O)[O-])ccc3N2Cc2ccccc2)cc1)Nc1ccc(F)cc1. The van der Waals surface area contributed by atoms with Gasteiger partial charge in [0.25, 0.3) is 17.5 Å². The number of nitro benzene ring substituents is 1. The monoisotopic (exact) mass is 616 g/mol. The van der Waals surface area contributed by atoms with E-state index in [0.29, 0.717) is 23.7 Å². The lowest BCUT2D eigenvalue weighted by Gasteiger charge is -2.46. The van der Waals surface area contributed by atoms with Crippen LogP contribution in [0.2, 0.25) is 0 Å². The maximum Gasteiger partial charge on any atom is 0.270 e. The van der Waals surface area contributed by atoms with Gasteiger partial charge in [-0.05, 0) is 59.2 Å². The summed E-state index contributed by atoms with van der Waals surface area (Å²) in [7, 11) is 0. The van der Waals surface area contributed by atoms with Crippen LogP contribution < -0.4 is 15.0 Å². The van der Waals surface area contributed by atoms with E-state index in [1.165, 1.54) is 36.4 Å². The molecule has 0 radical (unpaired) electrons. The van der Waals surface area contributed by atoms with Gasteiger partial charge in [0.05, 0.1) is 16.2 Å². The van der Waals surface area contributed by atoms with Crippen LogP contribution in [-0.2, 0) is 17.9 Å². The number of benzene rings is 5. The van der Waals surface area contributed by atoms with Gasteiger partial charge >= 0.3 is 0 Å². The van der Waals surface area contributed by atoms with Crippen molar-refractivity contribution in [2.45, 2.75) is 19.3 Å². The van der Waals surface area contributed by atoms with E-state index in [-0.39, 0.29) is 30.3 Å². The lowest BCUT2D eigenvalue weighted by molar-refractivity contribution is -0.384. The first-order valence-electron chi connectivity index (χ1n) is 14.6. The molecule has 0 spiro atoms. The topological polar surface area (TPSA) is 105 Å². The molecule has 230 valence electrons. The first-order chi connectivity index (χ1) is 22.4. The molecule has 0 saturated carbocycles. The van der Waals surface area contributed by atoms with Crippen molar-refractivity contribution in [2.75, 3.05) is 16.8 Å². The summed E-state index contributed by atoms with van der Waals surface area (Å²) in [5.74, 6) is -0.680. The number of fused-ring (bicyclic) bond motifs is 1. The van der Waals surface area contributed by atoms with Crippen LogP contribution in [0.4, 0.5) is 21.5 Å². The normalized spacial score (nSPS) is 14.0. The fourth-order valence-electron chi connectivity index (χ4n) is 5.49. The third-order valence-electron chi connectivity index (χ3n) is 7.65. The summed E-state index contributed by atoms with van der Waals surface area (Å²) in [6.45, 7) is 0.432. The van der Waals surface area contributed by atoms with Crippen LogP contribution in [0.5, 0.6) is 5.75 Å². The third kappa shape index (κ3) is 6.71. The summed E-state index contributed by atoms with van der Waals surface area (Å²) in [6.07, 6.45) is -0.572. The van der Waals surface area contributed by atoms with E-state index < -0.39 is 22.8 Å². The number of nitrogens with one attached hydrogen (secondary N) is 1. The molecule has 46 heavy (non-hydrogen) atoms. The van der Waals surface area contributed by atoms with Crippen molar-refractivity contribution < 1.29 is 23.6 Å². The Bertz CT molecular complexity index is 1850. The van der Waals surface area contributed by atoms with Gasteiger partial charge in [0.15, 0.2) is 6.61 Å². The number of anilines is 2. The second-order valence-corrected chi connectivity index (χ2v) is 10.8. The molecular formula is C36H29FN4O5. The molecule has 1 aliphatic heterocycles. The molecule has 2 amide bonds. The van der Waals surface area contributed by atoms with Crippen LogP contribution in [0.15, 0.2) is 127 Å². The molecule has 9 nitrogen and oxygen atoms in total. The van der Waals surface area contributed by atoms with Crippen LogP contribution in [0.1, 0.15) is 33.2 Å². The summed E-state index contributed by atoms with van der Waals surface area (Å²) in [6, 6.07) is 36.4. The molecule has 1 heterocycles. The minimum atomic E-state index is -0.572. The Morgan fingerprint density at radius 3 is 2.02 bits per heavy atom. The van der Waals surface area contributed by atoms with E-state index in [9.17, 15) is 24.1 Å². The van der Waals surface area contributed by atoms with Crippen molar-refractivity contribution >= 4 is 28.9 Å². The number of nitrogens with zero attached hydrogens (tertiary/aromatic N) is 3. The lowest BCUT2D eigenvalue weighted by atomic mass is 9.98. The van der Waals surface area contributed by atoms with Crippen molar-refractivity contribution in [1.82, 2.24) is 4.90 Å². The number of carbonyl (C=O) groups is 2. The van der Waals surface area contributed by atoms with Gasteiger partial charge in [-0.2, -0.15) is 0 Å². The molecule has 0 aliphatic carbocycles. The zero-order chi connectivity index (χ0) is 32.0. The van der Waals surface area contributed by atoms with Gasteiger partial charge in [-0.15, -0.1) is 0 Å². The van der Waals surface area contributed by atoms with Gasteiger partial charge < -0.3 is 19.9 Å². The molecule has 5 aromatic rings. The van der Waals surface area contributed by atoms with Crippen molar-refractivity contribution in [3.63, 3.8) is 0 Å². The molecule has 6 rings (SSSR count). The predicted molar refractivity (Wildman–Crippen MR) is 172 cm³/mol. The predicted octanol–water partition coefficient (Wildman–Crippen LogP) is 7.11. The number of carbonyl (C=O) groups excluding carboxylic acids is 2. The summed E-state index contributed by atoms with van der Waals surface area (Å²) in [5.41, 5.74) is 3.83. The number of hydrogen-bond acceptors (Lipinski definition) is 6. The smallest absolute Gasteiger partial charge is 0.270 e. The van der Waals surface area contributed by atoms with E-state index in [4.69, 9.17) is 4.74 Å². The molecule has 0 bridgehead atoms. The standard InChI is InChI=1S/C36H29FN4O5/c37-28-13-15-29(16-14-28)38-34(42)24-46-31-18-11-27(12-19-31)35-39(22-25-7-3-1-4-8-25)33-20-17-30(41(44)45)21-32(33)36(43)40(35)23-26-9-5-2-6-10-26/h1-21,35H,22-24H2,(H,38,42)/t35-/m1/s1. The molecule has 1 aliphatic rings. The van der Waals surface area contributed by atoms with E-state index in [0.717, 1.165) is 16.7 Å². The van der Waals surface area contributed by atoms with Crippen LogP contribution in [0.3, 0.4) is 0 Å². The number of hydrogen-bond donors (Lipinski definition) is 1. The summed E-state index contributed by atoms with van der Waals surface area (Å²) < 4.78 is 18.9. The molecule has 1 atom stereocenters. The van der Waals surface area contributed by atoms with Crippen LogP contribution in [-0.4, -0.2) is 28.2 Å². The van der Waals surface area contributed by atoms with Crippen LogP contribution >= 0.6 is 0 Å². The van der Waals surface area contributed by atoms with Gasteiger partial charge in [-0.1, -0.05) is 72.8 Å². The van der Waals surface area contributed by atoms with Crippen molar-refractivity contribution in [3.8, 4) is 5.75 Å². The van der Waals surface area contributed by atoms with Gasteiger partial charge in [-0.3, -0.25) is 19.7 Å². The molecule has 0 aromatic heterocycles. The minimum Gasteiger partial charge on any atom is -0.484 e. The number of nitro groups is 1. The number of halogens is 1. The third-order valence-corrected chi connectivity index (χ3v) is 7.65. The summed E-state index contributed by atoms with van der Waals surface area (Å²) in [5, 5.41) is 14.3. The number of ether oxygens (including phenoxy) is 1. The van der Waals surface area contributed by atoms with Crippen molar-refractivity contribution in [2.24, 2.45) is 0 Å². The maximum atomic E-state index is 14.2. The van der Waals surface area contributed by atoms with Crippen LogP contribution in [0, 0.1) is 15.9 Å². The highest BCUT2D eigenvalue weighted by atomic mass is 19.1. The fourth-order valence-corrected chi connectivity index (χ4v) is 5.49. The second-order valence-electron chi connectivity index (χ2n) is 10.8. The van der Waals surface area contributed by atoms with Gasteiger partial charge in [0, 0.05) is 30.9 Å². The number of amides is 2. The quantitative estimate of drug-likeness (QED) is 0.132. The zero-order valence-electron chi connectivity index (χ0n) is 24.6. The molecular weight excluding hydrogens is 587 g/mol. The highest BCUT2D eigenvalue weighted by Gasteiger charge is 2.39. The van der Waals surface area contributed by atoms with Gasteiger partial charge in [0.1, 0.15) is 17.7 Å². The van der Waals surface area contributed by atoms with Crippen molar-refractivity contribution in [3.05, 3.63) is 166 Å². The number of non-ortho nitro benzene ring substituents is 1. The molecule has 10 heteroatoms. The second kappa shape index (κ2) is 13.3. The fraction of sp³-hybridized carbons (Fsp3) is 0.111. The Labute approximate surface area is 264 Å². The molecule has 0 unspecified atom stereocenters. The van der Waals surface area contributed by atoms with Crippen molar-refractivity contribution in [1.29, 1.82) is 0 Å².